The lowest BCUT2D eigenvalue weighted by Crippen LogP contribution is -2.30. The number of carbonyl (C=O) groups is 2. The van der Waals surface area contributed by atoms with Crippen LogP contribution in [0.4, 0.5) is 5.82 Å². The largest absolute Gasteiger partial charge is 0.449 e. The second-order valence-electron chi connectivity index (χ2n) is 6.07. The van der Waals surface area contributed by atoms with Gasteiger partial charge in [0.2, 0.25) is 0 Å². The molecule has 0 fully saturated rings. The molecule has 1 aromatic carbocycles. The average molecular weight is 353 g/mol. The highest BCUT2D eigenvalue weighted by molar-refractivity contribution is 6.00. The van der Waals surface area contributed by atoms with Crippen LogP contribution in [0.3, 0.4) is 0 Å². The summed E-state index contributed by atoms with van der Waals surface area (Å²) < 4.78 is 10.2. The second kappa shape index (κ2) is 6.95. The number of para-hydroxylation sites is 1. The van der Waals surface area contributed by atoms with Gasteiger partial charge in [-0.05, 0) is 39.3 Å². The smallest absolute Gasteiger partial charge is 0.341 e. The molecule has 1 N–H and O–H groups in total. The highest BCUT2D eigenvalue weighted by Crippen LogP contribution is 2.23. The molecule has 0 unspecified atom stereocenters. The maximum absolute atomic E-state index is 12.6. The highest BCUT2D eigenvalue weighted by atomic mass is 16.5. The minimum absolute atomic E-state index is 0.273. The van der Waals surface area contributed by atoms with Crippen LogP contribution in [0.1, 0.15) is 34.3 Å². The number of aryl methyl sites for hydroxylation is 3. The maximum Gasteiger partial charge on any atom is 0.341 e. The normalized spacial score (nSPS) is 12.0. The minimum atomic E-state index is -0.996. The Balaban J connectivity index is 1.79. The Hall–Kier alpha value is -3.22. The Bertz CT molecular complexity index is 994. The lowest BCUT2D eigenvalue weighted by atomic mass is 10.0. The minimum Gasteiger partial charge on any atom is -0.449 e. The molecule has 0 aliphatic rings. The summed E-state index contributed by atoms with van der Waals surface area (Å²) in [4.78, 5) is 29.3. The van der Waals surface area contributed by atoms with E-state index in [2.05, 4.69) is 15.5 Å². The molecule has 1 amide bonds. The number of fused-ring (bicyclic) bond motifs is 1. The van der Waals surface area contributed by atoms with Crippen molar-refractivity contribution in [1.82, 2.24) is 10.1 Å². The van der Waals surface area contributed by atoms with Crippen molar-refractivity contribution in [3.05, 3.63) is 52.9 Å². The molecule has 0 radical (unpaired) electrons. The van der Waals surface area contributed by atoms with Crippen molar-refractivity contribution in [2.45, 2.75) is 33.8 Å². The van der Waals surface area contributed by atoms with Gasteiger partial charge in [-0.25, -0.2) is 4.79 Å². The summed E-state index contributed by atoms with van der Waals surface area (Å²) >= 11 is 0. The van der Waals surface area contributed by atoms with Crippen molar-refractivity contribution in [1.29, 1.82) is 0 Å². The van der Waals surface area contributed by atoms with E-state index in [9.17, 15) is 9.59 Å². The Labute approximate surface area is 150 Å². The Kier molecular flexibility index (Phi) is 4.71. The number of ether oxygens (including phenoxy) is 1. The third-order valence-electron chi connectivity index (χ3n) is 4.07. The molecule has 3 rings (SSSR count). The molecule has 26 heavy (non-hydrogen) atoms. The van der Waals surface area contributed by atoms with Crippen LogP contribution >= 0.6 is 0 Å². The van der Waals surface area contributed by atoms with E-state index < -0.39 is 18.0 Å². The number of hydrogen-bond donors (Lipinski definition) is 1. The fourth-order valence-electron chi connectivity index (χ4n) is 2.76. The first-order valence-electron chi connectivity index (χ1n) is 8.18. The van der Waals surface area contributed by atoms with E-state index in [1.807, 2.05) is 31.2 Å². The Morgan fingerprint density at radius 1 is 1.19 bits per heavy atom. The summed E-state index contributed by atoms with van der Waals surface area (Å²) in [5.41, 5.74) is 2.52. The summed E-state index contributed by atoms with van der Waals surface area (Å²) in [6.45, 7) is 6.80. The number of anilines is 1. The van der Waals surface area contributed by atoms with Gasteiger partial charge < -0.3 is 14.6 Å². The molecule has 0 saturated heterocycles. The maximum atomic E-state index is 12.6. The number of hydrogen-bond acceptors (Lipinski definition) is 6. The van der Waals surface area contributed by atoms with Crippen molar-refractivity contribution in [2.75, 3.05) is 5.32 Å². The van der Waals surface area contributed by atoms with Crippen LogP contribution in [-0.4, -0.2) is 28.1 Å². The summed E-state index contributed by atoms with van der Waals surface area (Å²) in [7, 11) is 0. The molecular formula is C19H19N3O4. The lowest BCUT2D eigenvalue weighted by molar-refractivity contribution is -0.123. The van der Waals surface area contributed by atoms with Gasteiger partial charge >= 0.3 is 5.97 Å². The van der Waals surface area contributed by atoms with Gasteiger partial charge in [-0.2, -0.15) is 0 Å². The van der Waals surface area contributed by atoms with E-state index in [0.717, 1.165) is 16.5 Å². The zero-order chi connectivity index (χ0) is 18.8. The van der Waals surface area contributed by atoms with E-state index in [1.165, 1.54) is 6.92 Å². The molecule has 0 bridgehead atoms. The van der Waals surface area contributed by atoms with Crippen LogP contribution in [0.25, 0.3) is 10.9 Å². The number of benzene rings is 1. The van der Waals surface area contributed by atoms with Crippen LogP contribution in [0.5, 0.6) is 0 Å². The summed E-state index contributed by atoms with van der Waals surface area (Å²) in [6, 6.07) is 9.15. The predicted octanol–water partition coefficient (Wildman–Crippen LogP) is 3.33. The lowest BCUT2D eigenvalue weighted by Gasteiger charge is -2.15. The molecular weight excluding hydrogens is 334 g/mol. The average Bonchev–Trinajstić information content (AvgIpc) is 2.99. The van der Waals surface area contributed by atoms with Gasteiger partial charge in [0, 0.05) is 11.5 Å². The first-order chi connectivity index (χ1) is 12.4. The van der Waals surface area contributed by atoms with Gasteiger partial charge in [-0.15, -0.1) is 0 Å². The molecule has 1 atom stereocenters. The van der Waals surface area contributed by atoms with Gasteiger partial charge in [0.1, 0.15) is 5.76 Å². The van der Waals surface area contributed by atoms with E-state index in [-0.39, 0.29) is 5.82 Å². The molecule has 7 heteroatoms. The van der Waals surface area contributed by atoms with E-state index in [1.54, 1.807) is 19.9 Å². The molecule has 2 heterocycles. The predicted molar refractivity (Wildman–Crippen MR) is 96.0 cm³/mol. The second-order valence-corrected chi connectivity index (χ2v) is 6.07. The standard InChI is InChI=1S/C19H19N3O4/c1-10-9-16(22-26-10)21-18(23)13(4)25-19(24)17-11(2)14-7-5-6-8-15(14)20-12(17)3/h5-9,13H,1-4H3,(H,21,22,23)/t13-/m0/s1. The van der Waals surface area contributed by atoms with E-state index >= 15 is 0 Å². The van der Waals surface area contributed by atoms with Gasteiger partial charge in [0.25, 0.3) is 5.91 Å². The van der Waals surface area contributed by atoms with Crippen molar-refractivity contribution >= 4 is 28.6 Å². The number of esters is 1. The number of amides is 1. The number of pyridine rings is 1. The van der Waals surface area contributed by atoms with Gasteiger partial charge in [-0.3, -0.25) is 9.78 Å². The van der Waals surface area contributed by atoms with Crippen molar-refractivity contribution in [3.8, 4) is 0 Å². The summed E-state index contributed by atoms with van der Waals surface area (Å²) in [5.74, 6) is -0.235. The third kappa shape index (κ3) is 3.42. The van der Waals surface area contributed by atoms with Crippen molar-refractivity contribution < 1.29 is 18.8 Å². The molecule has 2 aromatic heterocycles. The zero-order valence-electron chi connectivity index (χ0n) is 15.0. The van der Waals surface area contributed by atoms with Crippen molar-refractivity contribution in [2.24, 2.45) is 0 Å². The number of nitrogens with zero attached hydrogens (tertiary/aromatic N) is 2. The Morgan fingerprint density at radius 3 is 2.62 bits per heavy atom. The topological polar surface area (TPSA) is 94.3 Å². The molecule has 3 aromatic rings. The number of nitrogens with one attached hydrogen (secondary N) is 1. The number of carbonyl (C=O) groups excluding carboxylic acids is 2. The first kappa shape index (κ1) is 17.6. The molecule has 0 aliphatic carbocycles. The highest BCUT2D eigenvalue weighted by Gasteiger charge is 2.23. The third-order valence-corrected chi connectivity index (χ3v) is 4.07. The van der Waals surface area contributed by atoms with Crippen LogP contribution in [0.2, 0.25) is 0 Å². The molecule has 0 aliphatic heterocycles. The van der Waals surface area contributed by atoms with Gasteiger partial charge in [0.15, 0.2) is 11.9 Å². The van der Waals surface area contributed by atoms with Crippen LogP contribution in [-0.2, 0) is 9.53 Å². The fraction of sp³-hybridized carbons (Fsp3) is 0.263. The van der Waals surface area contributed by atoms with Crippen LogP contribution < -0.4 is 5.32 Å². The number of aromatic nitrogens is 2. The summed E-state index contributed by atoms with van der Waals surface area (Å²) in [5, 5.41) is 7.10. The van der Waals surface area contributed by atoms with E-state index in [0.29, 0.717) is 17.0 Å². The van der Waals surface area contributed by atoms with E-state index in [4.69, 9.17) is 9.26 Å². The number of rotatable bonds is 4. The first-order valence-corrected chi connectivity index (χ1v) is 8.18. The Morgan fingerprint density at radius 2 is 1.92 bits per heavy atom. The molecule has 134 valence electrons. The molecule has 0 saturated carbocycles. The fourth-order valence-corrected chi connectivity index (χ4v) is 2.76. The van der Waals surface area contributed by atoms with Gasteiger partial charge in [0.05, 0.1) is 16.8 Å². The SMILES string of the molecule is Cc1cc(NC(=O)[C@H](C)OC(=O)c2c(C)nc3ccccc3c2C)no1. The van der Waals surface area contributed by atoms with Crippen LogP contribution in [0, 0.1) is 20.8 Å². The van der Waals surface area contributed by atoms with Crippen molar-refractivity contribution in [3.63, 3.8) is 0 Å². The summed E-state index contributed by atoms with van der Waals surface area (Å²) in [6.07, 6.45) is -0.996. The quantitative estimate of drug-likeness (QED) is 0.723. The van der Waals surface area contributed by atoms with Gasteiger partial charge in [-0.1, -0.05) is 23.4 Å². The zero-order valence-corrected chi connectivity index (χ0v) is 15.0. The molecule has 7 nitrogen and oxygen atoms in total. The molecule has 0 spiro atoms. The monoisotopic (exact) mass is 353 g/mol. The van der Waals surface area contributed by atoms with Crippen LogP contribution in [0.15, 0.2) is 34.9 Å².